The summed E-state index contributed by atoms with van der Waals surface area (Å²) in [6, 6.07) is 8.48. The summed E-state index contributed by atoms with van der Waals surface area (Å²) in [4.78, 5) is 14.6. The molecule has 1 aliphatic heterocycles. The quantitative estimate of drug-likeness (QED) is 0.805. The van der Waals surface area contributed by atoms with E-state index in [-0.39, 0.29) is 12.0 Å². The number of benzene rings is 1. The molecule has 3 nitrogen and oxygen atoms in total. The molecule has 120 valence electrons. The van der Waals surface area contributed by atoms with Gasteiger partial charge in [-0.1, -0.05) is 38.1 Å². The Morgan fingerprint density at radius 2 is 1.86 bits per heavy atom. The molecule has 1 unspecified atom stereocenters. The zero-order valence-electron chi connectivity index (χ0n) is 13.8. The molecule has 1 aliphatic carbocycles. The Morgan fingerprint density at radius 1 is 1.14 bits per heavy atom. The molecule has 1 aromatic carbocycles. The summed E-state index contributed by atoms with van der Waals surface area (Å²) in [6.45, 7) is 6.03. The standard InChI is InChI=1S/C19H27NO2/c1-15(2)19(22-18(21)20-13-6-3-7-14-20)12-8-10-16-9-4-5-11-17(16)19/h4-5,9,11,15H,3,6-8,10,12-14H2,1-2H3. The van der Waals surface area contributed by atoms with Crippen molar-refractivity contribution in [1.82, 2.24) is 4.90 Å². The molecule has 0 N–H and O–H groups in total. The average molecular weight is 301 g/mol. The molecule has 3 heteroatoms. The third-order valence-corrected chi connectivity index (χ3v) is 5.28. The van der Waals surface area contributed by atoms with Crippen LogP contribution in [0.2, 0.25) is 0 Å². The number of aryl methyl sites for hydroxylation is 1. The number of carbonyl (C=O) groups excluding carboxylic acids is 1. The van der Waals surface area contributed by atoms with E-state index in [1.807, 2.05) is 4.90 Å². The van der Waals surface area contributed by atoms with E-state index in [2.05, 4.69) is 38.1 Å². The lowest BCUT2D eigenvalue weighted by Crippen LogP contribution is -2.46. The normalized spacial score (nSPS) is 25.0. The van der Waals surface area contributed by atoms with E-state index < -0.39 is 5.60 Å². The first-order valence-corrected chi connectivity index (χ1v) is 8.70. The fourth-order valence-electron chi connectivity index (χ4n) is 3.95. The SMILES string of the molecule is CC(C)C1(OC(=O)N2CCCCC2)CCCc2ccccc21. The van der Waals surface area contributed by atoms with E-state index in [0.717, 1.165) is 45.2 Å². The van der Waals surface area contributed by atoms with Crippen molar-refractivity contribution in [3.05, 3.63) is 35.4 Å². The highest BCUT2D eigenvalue weighted by atomic mass is 16.6. The van der Waals surface area contributed by atoms with Gasteiger partial charge in [0.05, 0.1) is 0 Å². The molecule has 0 saturated carbocycles. The van der Waals surface area contributed by atoms with Crippen LogP contribution in [0.15, 0.2) is 24.3 Å². The lowest BCUT2D eigenvalue weighted by molar-refractivity contribution is -0.0586. The van der Waals surface area contributed by atoms with Crippen LogP contribution in [0, 0.1) is 5.92 Å². The third kappa shape index (κ3) is 2.73. The average Bonchev–Trinajstić information content (AvgIpc) is 2.55. The first-order valence-electron chi connectivity index (χ1n) is 8.70. The predicted octanol–water partition coefficient (Wildman–Crippen LogP) is 4.50. The van der Waals surface area contributed by atoms with E-state index >= 15 is 0 Å². The number of rotatable bonds is 2. The zero-order chi connectivity index (χ0) is 15.6. The van der Waals surface area contributed by atoms with Crippen LogP contribution < -0.4 is 0 Å². The van der Waals surface area contributed by atoms with Crippen molar-refractivity contribution in [1.29, 1.82) is 0 Å². The molecule has 1 aromatic rings. The summed E-state index contributed by atoms with van der Waals surface area (Å²) < 4.78 is 6.19. The summed E-state index contributed by atoms with van der Waals surface area (Å²) in [5.74, 6) is 0.280. The smallest absolute Gasteiger partial charge is 0.410 e. The van der Waals surface area contributed by atoms with Gasteiger partial charge >= 0.3 is 6.09 Å². The van der Waals surface area contributed by atoms with Crippen molar-refractivity contribution in [2.45, 2.75) is 58.0 Å². The molecule has 22 heavy (non-hydrogen) atoms. The highest BCUT2D eigenvalue weighted by Gasteiger charge is 2.43. The Balaban J connectivity index is 1.88. The van der Waals surface area contributed by atoms with E-state index in [1.54, 1.807) is 0 Å². The van der Waals surface area contributed by atoms with Gasteiger partial charge in [0, 0.05) is 13.1 Å². The second-order valence-corrected chi connectivity index (χ2v) is 6.97. The molecule has 0 aromatic heterocycles. The Bertz CT molecular complexity index is 534. The molecule has 2 aliphatic rings. The van der Waals surface area contributed by atoms with E-state index in [4.69, 9.17) is 4.74 Å². The zero-order valence-corrected chi connectivity index (χ0v) is 13.8. The van der Waals surface area contributed by atoms with Crippen molar-refractivity contribution in [2.24, 2.45) is 5.92 Å². The van der Waals surface area contributed by atoms with Crippen molar-refractivity contribution in [2.75, 3.05) is 13.1 Å². The molecular formula is C19H27NO2. The number of likely N-dealkylation sites (tertiary alicyclic amines) is 1. The first kappa shape index (κ1) is 15.4. The van der Waals surface area contributed by atoms with Gasteiger partial charge in [0.25, 0.3) is 0 Å². The van der Waals surface area contributed by atoms with Gasteiger partial charge in [-0.2, -0.15) is 0 Å². The van der Waals surface area contributed by atoms with E-state index in [1.165, 1.54) is 17.5 Å². The lowest BCUT2D eigenvalue weighted by atomic mass is 9.73. The summed E-state index contributed by atoms with van der Waals surface area (Å²) in [7, 11) is 0. The van der Waals surface area contributed by atoms with Gasteiger partial charge in [-0.15, -0.1) is 0 Å². The van der Waals surface area contributed by atoms with Crippen molar-refractivity contribution in [3.8, 4) is 0 Å². The van der Waals surface area contributed by atoms with E-state index in [9.17, 15) is 4.79 Å². The van der Waals surface area contributed by atoms with Gasteiger partial charge < -0.3 is 9.64 Å². The minimum absolute atomic E-state index is 0.120. The minimum Gasteiger partial charge on any atom is -0.438 e. The summed E-state index contributed by atoms with van der Waals surface area (Å²) in [5.41, 5.74) is 2.11. The van der Waals surface area contributed by atoms with Gasteiger partial charge in [0.2, 0.25) is 0 Å². The molecular weight excluding hydrogens is 274 g/mol. The van der Waals surface area contributed by atoms with Crippen LogP contribution in [0.1, 0.15) is 57.1 Å². The van der Waals surface area contributed by atoms with Crippen LogP contribution in [0.4, 0.5) is 4.79 Å². The molecule has 1 amide bonds. The van der Waals surface area contributed by atoms with Crippen LogP contribution in [-0.4, -0.2) is 24.1 Å². The van der Waals surface area contributed by atoms with Gasteiger partial charge in [0.1, 0.15) is 5.60 Å². The maximum Gasteiger partial charge on any atom is 0.410 e. The number of hydrogen-bond acceptors (Lipinski definition) is 2. The Hall–Kier alpha value is -1.51. The largest absolute Gasteiger partial charge is 0.438 e. The van der Waals surface area contributed by atoms with Crippen LogP contribution in [-0.2, 0) is 16.8 Å². The molecule has 0 bridgehead atoms. The molecule has 0 radical (unpaired) electrons. The van der Waals surface area contributed by atoms with Crippen LogP contribution >= 0.6 is 0 Å². The van der Waals surface area contributed by atoms with Gasteiger partial charge in [0.15, 0.2) is 0 Å². The number of hydrogen-bond donors (Lipinski definition) is 0. The summed E-state index contributed by atoms with van der Waals surface area (Å²) in [6.07, 6.45) is 6.41. The molecule has 1 atom stereocenters. The van der Waals surface area contributed by atoms with Crippen molar-refractivity contribution in [3.63, 3.8) is 0 Å². The molecule has 1 heterocycles. The Kier molecular flexibility index (Phi) is 4.42. The predicted molar refractivity (Wildman–Crippen MR) is 87.8 cm³/mol. The Morgan fingerprint density at radius 3 is 2.59 bits per heavy atom. The highest BCUT2D eigenvalue weighted by Crippen LogP contribution is 2.44. The van der Waals surface area contributed by atoms with Crippen LogP contribution in [0.5, 0.6) is 0 Å². The maximum atomic E-state index is 12.7. The summed E-state index contributed by atoms with van der Waals surface area (Å²) >= 11 is 0. The molecule has 3 rings (SSSR count). The van der Waals surface area contributed by atoms with E-state index in [0.29, 0.717) is 0 Å². The number of piperidine rings is 1. The minimum atomic E-state index is -0.455. The van der Waals surface area contributed by atoms with Crippen molar-refractivity contribution >= 4 is 6.09 Å². The Labute approximate surface area is 133 Å². The monoisotopic (exact) mass is 301 g/mol. The lowest BCUT2D eigenvalue weighted by Gasteiger charge is -2.43. The topological polar surface area (TPSA) is 29.5 Å². The summed E-state index contributed by atoms with van der Waals surface area (Å²) in [5, 5.41) is 0. The van der Waals surface area contributed by atoms with Gasteiger partial charge in [-0.05, 0) is 55.6 Å². The third-order valence-electron chi connectivity index (χ3n) is 5.28. The molecule has 0 spiro atoms. The number of ether oxygens (including phenoxy) is 1. The second kappa shape index (κ2) is 6.31. The highest BCUT2D eigenvalue weighted by molar-refractivity contribution is 5.68. The molecule has 1 saturated heterocycles. The maximum absolute atomic E-state index is 12.7. The number of fused-ring (bicyclic) bond motifs is 1. The number of amides is 1. The molecule has 1 fully saturated rings. The first-order chi connectivity index (χ1) is 10.6. The van der Waals surface area contributed by atoms with Gasteiger partial charge in [-0.3, -0.25) is 0 Å². The number of carbonyl (C=O) groups is 1. The second-order valence-electron chi connectivity index (χ2n) is 6.97. The fourth-order valence-corrected chi connectivity index (χ4v) is 3.95. The fraction of sp³-hybridized carbons (Fsp3) is 0.632. The number of nitrogens with zero attached hydrogens (tertiary/aromatic N) is 1. The van der Waals surface area contributed by atoms with Gasteiger partial charge in [-0.25, -0.2) is 4.79 Å². The van der Waals surface area contributed by atoms with Crippen LogP contribution in [0.3, 0.4) is 0 Å². The van der Waals surface area contributed by atoms with Crippen molar-refractivity contribution < 1.29 is 9.53 Å². The van der Waals surface area contributed by atoms with Crippen LogP contribution in [0.25, 0.3) is 0 Å².